The van der Waals surface area contributed by atoms with Crippen LogP contribution in [0, 0.1) is 0 Å². The molecule has 0 saturated carbocycles. The molecule has 0 saturated heterocycles. The Morgan fingerprint density at radius 3 is 2.55 bits per heavy atom. The highest BCUT2D eigenvalue weighted by Gasteiger charge is 2.22. The Morgan fingerprint density at radius 1 is 1.55 bits per heavy atom. The van der Waals surface area contributed by atoms with Crippen molar-refractivity contribution in [3.63, 3.8) is 0 Å². The summed E-state index contributed by atoms with van der Waals surface area (Å²) in [5.74, 6) is 0. The first-order valence-electron chi connectivity index (χ1n) is 3.65. The van der Waals surface area contributed by atoms with Gasteiger partial charge in [-0.3, -0.25) is 5.10 Å². The van der Waals surface area contributed by atoms with E-state index in [-0.39, 0.29) is 0 Å². The third-order valence-electron chi connectivity index (χ3n) is 1.57. The predicted molar refractivity (Wildman–Crippen MR) is 54.2 cm³/mol. The second-order valence-electron chi connectivity index (χ2n) is 3.64. The molecule has 0 radical (unpaired) electrons. The van der Waals surface area contributed by atoms with Crippen molar-refractivity contribution >= 4 is 29.3 Å². The van der Waals surface area contributed by atoms with Crippen LogP contribution in [0.25, 0.3) is 0 Å². The van der Waals surface area contributed by atoms with Crippen LogP contribution in [0.1, 0.15) is 5.56 Å². The molecule has 62 valence electrons. The smallest absolute Gasteiger partial charge is 0.104 e. The van der Waals surface area contributed by atoms with E-state index >= 15 is 0 Å². The first-order chi connectivity index (χ1) is 5.05. The van der Waals surface area contributed by atoms with Gasteiger partial charge in [0.1, 0.15) is 8.07 Å². The van der Waals surface area contributed by atoms with Crippen LogP contribution < -0.4 is 5.32 Å². The van der Waals surface area contributed by atoms with Gasteiger partial charge in [0.15, 0.2) is 0 Å². The third kappa shape index (κ3) is 1.93. The fraction of sp³-hybridized carbons (Fsp3) is 0.571. The van der Waals surface area contributed by atoms with E-state index in [9.17, 15) is 0 Å². The van der Waals surface area contributed by atoms with Crippen LogP contribution in [0.3, 0.4) is 0 Å². The standard InChI is InChI=1S/C7H13BrN2Si/c1-11(2,3)7-6(4-8)5-9-10-7/h5H,4H2,1-3H3,(H,9,10). The lowest BCUT2D eigenvalue weighted by Gasteiger charge is -2.13. The fourth-order valence-corrected chi connectivity index (χ4v) is 3.28. The summed E-state index contributed by atoms with van der Waals surface area (Å²) in [5, 5.41) is 9.37. The van der Waals surface area contributed by atoms with E-state index in [0.717, 1.165) is 5.33 Å². The summed E-state index contributed by atoms with van der Waals surface area (Å²) in [4.78, 5) is 0. The van der Waals surface area contributed by atoms with Gasteiger partial charge in [-0.05, 0) is 5.56 Å². The van der Waals surface area contributed by atoms with Crippen molar-refractivity contribution in [1.29, 1.82) is 0 Å². The molecule has 0 aliphatic heterocycles. The van der Waals surface area contributed by atoms with Crippen LogP contribution in [0.5, 0.6) is 0 Å². The SMILES string of the molecule is C[Si](C)(C)c1n[nH]cc1CBr. The Kier molecular flexibility index (Phi) is 2.54. The second-order valence-corrected chi connectivity index (χ2v) is 9.18. The van der Waals surface area contributed by atoms with Gasteiger partial charge in [-0.1, -0.05) is 35.6 Å². The number of rotatable bonds is 2. The fourth-order valence-electron chi connectivity index (χ4n) is 1.07. The summed E-state index contributed by atoms with van der Waals surface area (Å²) < 4.78 is 0. The van der Waals surface area contributed by atoms with Gasteiger partial charge in [-0.15, -0.1) is 0 Å². The van der Waals surface area contributed by atoms with E-state index < -0.39 is 8.07 Å². The predicted octanol–water partition coefficient (Wildman–Crippen LogP) is 1.85. The number of hydrogen-bond donors (Lipinski definition) is 1. The summed E-state index contributed by atoms with van der Waals surface area (Å²) >= 11 is 3.44. The molecule has 1 rings (SSSR count). The summed E-state index contributed by atoms with van der Waals surface area (Å²) in [5.41, 5.74) is 1.31. The molecule has 1 N–H and O–H groups in total. The Balaban J connectivity index is 3.02. The zero-order chi connectivity index (χ0) is 8.48. The molecule has 4 heteroatoms. The Bertz CT molecular complexity index is 239. The van der Waals surface area contributed by atoms with Gasteiger partial charge in [-0.25, -0.2) is 0 Å². The van der Waals surface area contributed by atoms with E-state index in [4.69, 9.17) is 0 Å². The lowest BCUT2D eigenvalue weighted by molar-refractivity contribution is 1.11. The lowest BCUT2D eigenvalue weighted by atomic mass is 10.4. The second kappa shape index (κ2) is 3.11. The van der Waals surface area contributed by atoms with E-state index in [1.807, 2.05) is 6.20 Å². The molecule has 0 unspecified atom stereocenters. The Hall–Kier alpha value is -0.0931. The summed E-state index contributed by atoms with van der Waals surface area (Å²) in [6.45, 7) is 6.90. The molecule has 0 amide bonds. The van der Waals surface area contributed by atoms with Crippen LogP contribution in [0.15, 0.2) is 6.20 Å². The van der Waals surface area contributed by atoms with Crippen LogP contribution in [-0.4, -0.2) is 18.3 Å². The highest BCUT2D eigenvalue weighted by Crippen LogP contribution is 2.07. The maximum absolute atomic E-state index is 4.27. The number of aromatic amines is 1. The minimum atomic E-state index is -1.22. The largest absolute Gasteiger partial charge is 0.286 e. The van der Waals surface area contributed by atoms with E-state index in [2.05, 4.69) is 45.8 Å². The van der Waals surface area contributed by atoms with Crippen molar-refractivity contribution in [3.8, 4) is 0 Å². The van der Waals surface area contributed by atoms with Gasteiger partial charge in [0, 0.05) is 16.8 Å². The molecule has 0 aliphatic rings. The average Bonchev–Trinajstić information content (AvgIpc) is 2.31. The minimum Gasteiger partial charge on any atom is -0.286 e. The Labute approximate surface area is 76.5 Å². The monoisotopic (exact) mass is 232 g/mol. The van der Waals surface area contributed by atoms with Crippen molar-refractivity contribution in [2.75, 3.05) is 0 Å². The highest BCUT2D eigenvalue weighted by atomic mass is 79.9. The van der Waals surface area contributed by atoms with Gasteiger partial charge in [0.25, 0.3) is 0 Å². The topological polar surface area (TPSA) is 28.7 Å². The van der Waals surface area contributed by atoms with Gasteiger partial charge in [-0.2, -0.15) is 5.10 Å². The molecule has 1 aromatic rings. The molecule has 11 heavy (non-hydrogen) atoms. The molecule has 1 aromatic heterocycles. The van der Waals surface area contributed by atoms with Crippen molar-refractivity contribution in [1.82, 2.24) is 10.2 Å². The summed E-state index contributed by atoms with van der Waals surface area (Å²) in [6.07, 6.45) is 1.97. The van der Waals surface area contributed by atoms with Crippen LogP contribution in [-0.2, 0) is 5.33 Å². The molecular formula is C7H13BrN2Si. The molecule has 0 bridgehead atoms. The van der Waals surface area contributed by atoms with Gasteiger partial charge >= 0.3 is 0 Å². The number of aromatic nitrogens is 2. The molecule has 2 nitrogen and oxygen atoms in total. The minimum absolute atomic E-state index is 0.906. The maximum Gasteiger partial charge on any atom is 0.104 e. The van der Waals surface area contributed by atoms with Crippen molar-refractivity contribution in [2.45, 2.75) is 25.0 Å². The zero-order valence-electron chi connectivity index (χ0n) is 7.11. The zero-order valence-corrected chi connectivity index (χ0v) is 9.70. The van der Waals surface area contributed by atoms with E-state index in [1.54, 1.807) is 0 Å². The number of H-pyrrole nitrogens is 1. The lowest BCUT2D eigenvalue weighted by Crippen LogP contribution is -2.40. The van der Waals surface area contributed by atoms with Crippen LogP contribution in [0.2, 0.25) is 19.6 Å². The molecule has 0 aromatic carbocycles. The normalized spacial score (nSPS) is 12.0. The van der Waals surface area contributed by atoms with Crippen molar-refractivity contribution in [3.05, 3.63) is 11.8 Å². The van der Waals surface area contributed by atoms with Crippen molar-refractivity contribution < 1.29 is 0 Å². The van der Waals surface area contributed by atoms with Crippen molar-refractivity contribution in [2.24, 2.45) is 0 Å². The quantitative estimate of drug-likeness (QED) is 0.613. The maximum atomic E-state index is 4.27. The summed E-state index contributed by atoms with van der Waals surface area (Å²) in [7, 11) is -1.22. The number of nitrogens with zero attached hydrogens (tertiary/aromatic N) is 1. The number of nitrogens with one attached hydrogen (secondary N) is 1. The number of halogens is 1. The molecular weight excluding hydrogens is 220 g/mol. The van der Waals surface area contributed by atoms with E-state index in [1.165, 1.54) is 10.9 Å². The number of hydrogen-bond acceptors (Lipinski definition) is 1. The highest BCUT2D eigenvalue weighted by molar-refractivity contribution is 9.08. The Morgan fingerprint density at radius 2 is 2.18 bits per heavy atom. The molecule has 0 aliphatic carbocycles. The van der Waals surface area contributed by atoms with E-state index in [0.29, 0.717) is 0 Å². The molecule has 1 heterocycles. The molecule has 0 spiro atoms. The first kappa shape index (κ1) is 9.00. The third-order valence-corrected chi connectivity index (χ3v) is 4.03. The average molecular weight is 233 g/mol. The molecule has 0 fully saturated rings. The first-order valence-corrected chi connectivity index (χ1v) is 8.27. The molecule has 0 atom stereocenters. The van der Waals surface area contributed by atoms with Crippen LogP contribution in [0.4, 0.5) is 0 Å². The van der Waals surface area contributed by atoms with Gasteiger partial charge in [0.2, 0.25) is 0 Å². The van der Waals surface area contributed by atoms with Gasteiger partial charge in [0.05, 0.1) is 0 Å². The number of alkyl halides is 1. The van der Waals surface area contributed by atoms with Crippen LogP contribution >= 0.6 is 15.9 Å². The van der Waals surface area contributed by atoms with Gasteiger partial charge < -0.3 is 0 Å². The summed E-state index contributed by atoms with van der Waals surface area (Å²) in [6, 6.07) is 0.